The normalized spacial score (nSPS) is 17.8. The van der Waals surface area contributed by atoms with E-state index in [0.29, 0.717) is 36.7 Å². The third kappa shape index (κ3) is 3.15. The summed E-state index contributed by atoms with van der Waals surface area (Å²) in [6.07, 6.45) is 4.49. The number of imide groups is 2. The summed E-state index contributed by atoms with van der Waals surface area (Å²) in [5.74, 6) is -0.216. The number of aromatic nitrogens is 3. The van der Waals surface area contributed by atoms with Crippen molar-refractivity contribution in [2.24, 2.45) is 0 Å². The minimum Gasteiger partial charge on any atom is -0.439 e. The van der Waals surface area contributed by atoms with Crippen LogP contribution in [0.2, 0.25) is 0 Å². The molecule has 2 aliphatic heterocycles. The number of amides is 4. The molecule has 10 heteroatoms. The first-order valence-corrected chi connectivity index (χ1v) is 10.4. The average Bonchev–Trinajstić information content (AvgIpc) is 3.38. The molecule has 2 aromatic heterocycles. The molecule has 0 radical (unpaired) electrons. The Kier molecular flexibility index (Phi) is 4.58. The first kappa shape index (κ1) is 20.0. The maximum atomic E-state index is 12.6. The van der Waals surface area contributed by atoms with Gasteiger partial charge in [0.05, 0.1) is 17.4 Å². The highest BCUT2D eigenvalue weighted by atomic mass is 16.5. The van der Waals surface area contributed by atoms with Gasteiger partial charge in [0.2, 0.25) is 5.88 Å². The van der Waals surface area contributed by atoms with E-state index in [9.17, 15) is 14.4 Å². The van der Waals surface area contributed by atoms with E-state index in [0.717, 1.165) is 10.9 Å². The van der Waals surface area contributed by atoms with Crippen LogP contribution in [0.1, 0.15) is 32.7 Å². The van der Waals surface area contributed by atoms with Crippen LogP contribution in [0.25, 0.3) is 10.9 Å². The Labute approximate surface area is 183 Å². The summed E-state index contributed by atoms with van der Waals surface area (Å²) in [5.41, 5.74) is 0.0407. The zero-order valence-corrected chi connectivity index (χ0v) is 17.7. The van der Waals surface area contributed by atoms with Crippen LogP contribution < -0.4 is 20.3 Å². The van der Waals surface area contributed by atoms with Crippen molar-refractivity contribution < 1.29 is 19.1 Å². The van der Waals surface area contributed by atoms with E-state index < -0.39 is 23.4 Å². The summed E-state index contributed by atoms with van der Waals surface area (Å²) in [6, 6.07) is 8.54. The average molecular weight is 434 g/mol. The van der Waals surface area contributed by atoms with Crippen LogP contribution in [0.3, 0.4) is 0 Å². The summed E-state index contributed by atoms with van der Waals surface area (Å²) >= 11 is 0. The smallest absolute Gasteiger partial charge is 0.328 e. The fourth-order valence-electron chi connectivity index (χ4n) is 4.25. The van der Waals surface area contributed by atoms with Crippen LogP contribution in [0.5, 0.6) is 11.6 Å². The van der Waals surface area contributed by atoms with Gasteiger partial charge < -0.3 is 9.64 Å². The summed E-state index contributed by atoms with van der Waals surface area (Å²) < 4.78 is 7.80. The number of nitrogens with one attached hydrogen (secondary N) is 2. The molecule has 3 aromatic rings. The molecular formula is C22H22N6O4. The van der Waals surface area contributed by atoms with Gasteiger partial charge in [-0.3, -0.25) is 24.9 Å². The first-order valence-electron chi connectivity index (χ1n) is 10.4. The molecule has 164 valence electrons. The van der Waals surface area contributed by atoms with Crippen molar-refractivity contribution in [2.75, 3.05) is 11.4 Å². The van der Waals surface area contributed by atoms with E-state index in [1.54, 1.807) is 23.2 Å². The molecule has 4 heterocycles. The standard InChI is InChI=1S/C22H22N6O4/c1-13(2)28-12-14-10-16(5-6-17(14)26-28)32-18-7-4-15(11-23-18)27-9-3-8-22(27)19(29)24-21(31)25-20(22)30/h4-7,10-13H,3,8-9H2,1-2H3,(H2,24,25,29,30,31). The fraction of sp³-hybridized carbons (Fsp3) is 0.318. The summed E-state index contributed by atoms with van der Waals surface area (Å²) in [6.45, 7) is 4.63. The SMILES string of the molecule is CC(C)n1cc2cc(Oc3ccc(N4CCCC45C(=O)NC(=O)NC5=O)cn3)ccc2n1. The zero-order chi connectivity index (χ0) is 22.5. The van der Waals surface area contributed by atoms with E-state index >= 15 is 0 Å². The topological polar surface area (TPSA) is 118 Å². The van der Waals surface area contributed by atoms with E-state index in [1.165, 1.54) is 0 Å². The number of ether oxygens (including phenoxy) is 1. The zero-order valence-electron chi connectivity index (χ0n) is 17.7. The largest absolute Gasteiger partial charge is 0.439 e. The molecule has 0 saturated carbocycles. The van der Waals surface area contributed by atoms with Gasteiger partial charge in [0, 0.05) is 30.2 Å². The molecule has 1 spiro atoms. The Morgan fingerprint density at radius 1 is 1.09 bits per heavy atom. The van der Waals surface area contributed by atoms with Gasteiger partial charge in [-0.2, -0.15) is 5.10 Å². The minimum atomic E-state index is -1.44. The van der Waals surface area contributed by atoms with E-state index in [1.807, 2.05) is 29.1 Å². The maximum Gasteiger partial charge on any atom is 0.328 e. The van der Waals surface area contributed by atoms with Gasteiger partial charge in [-0.25, -0.2) is 9.78 Å². The lowest BCUT2D eigenvalue weighted by Gasteiger charge is -2.38. The molecule has 2 fully saturated rings. The number of hydrogen-bond donors (Lipinski definition) is 2. The van der Waals surface area contributed by atoms with Crippen molar-refractivity contribution in [3.05, 3.63) is 42.7 Å². The molecule has 2 saturated heterocycles. The molecule has 2 aliphatic rings. The predicted octanol–water partition coefficient (Wildman–Crippen LogP) is 2.51. The van der Waals surface area contributed by atoms with Crippen molar-refractivity contribution in [3.63, 3.8) is 0 Å². The number of nitrogens with zero attached hydrogens (tertiary/aromatic N) is 4. The fourth-order valence-corrected chi connectivity index (χ4v) is 4.25. The van der Waals surface area contributed by atoms with Crippen molar-refractivity contribution in [1.82, 2.24) is 25.4 Å². The van der Waals surface area contributed by atoms with Gasteiger partial charge in [-0.1, -0.05) is 0 Å². The third-order valence-electron chi connectivity index (χ3n) is 5.86. The van der Waals surface area contributed by atoms with E-state index in [-0.39, 0.29) is 6.04 Å². The molecule has 2 N–H and O–H groups in total. The van der Waals surface area contributed by atoms with Crippen LogP contribution in [0, 0.1) is 0 Å². The number of carbonyl (C=O) groups excluding carboxylic acids is 3. The maximum absolute atomic E-state index is 12.6. The van der Waals surface area contributed by atoms with Crippen molar-refractivity contribution in [1.29, 1.82) is 0 Å². The molecular weight excluding hydrogens is 412 g/mol. The number of hydrogen-bond acceptors (Lipinski definition) is 7. The van der Waals surface area contributed by atoms with Crippen molar-refractivity contribution in [2.45, 2.75) is 38.3 Å². The molecule has 4 amide bonds. The molecule has 1 aromatic carbocycles. The minimum absolute atomic E-state index is 0.265. The third-order valence-corrected chi connectivity index (χ3v) is 5.86. The van der Waals surface area contributed by atoms with Gasteiger partial charge in [0.25, 0.3) is 11.8 Å². The Hall–Kier alpha value is -3.95. The van der Waals surface area contributed by atoms with Crippen LogP contribution in [-0.4, -0.2) is 44.7 Å². The first-order chi connectivity index (χ1) is 15.4. The number of anilines is 1. The van der Waals surface area contributed by atoms with E-state index in [4.69, 9.17) is 4.74 Å². The lowest BCUT2D eigenvalue weighted by Crippen LogP contribution is -2.71. The lowest BCUT2D eigenvalue weighted by molar-refractivity contribution is -0.137. The number of barbiturate groups is 1. The molecule has 0 aliphatic carbocycles. The molecule has 0 unspecified atom stereocenters. The van der Waals surface area contributed by atoms with E-state index in [2.05, 4.69) is 34.6 Å². The van der Waals surface area contributed by atoms with Gasteiger partial charge in [-0.05, 0) is 51.0 Å². The summed E-state index contributed by atoms with van der Waals surface area (Å²) in [5, 5.41) is 9.91. The summed E-state index contributed by atoms with van der Waals surface area (Å²) in [4.78, 5) is 42.7. The molecule has 10 nitrogen and oxygen atoms in total. The number of carbonyl (C=O) groups is 3. The van der Waals surface area contributed by atoms with Crippen LogP contribution in [0.4, 0.5) is 10.5 Å². The van der Waals surface area contributed by atoms with Crippen molar-refractivity contribution in [3.8, 4) is 11.6 Å². The van der Waals surface area contributed by atoms with Crippen LogP contribution in [-0.2, 0) is 9.59 Å². The highest BCUT2D eigenvalue weighted by molar-refractivity contribution is 6.24. The van der Waals surface area contributed by atoms with Crippen LogP contribution >= 0.6 is 0 Å². The lowest BCUT2D eigenvalue weighted by atomic mass is 9.92. The second-order valence-electron chi connectivity index (χ2n) is 8.23. The molecule has 0 atom stereocenters. The second-order valence-corrected chi connectivity index (χ2v) is 8.23. The number of urea groups is 1. The number of benzene rings is 1. The predicted molar refractivity (Wildman–Crippen MR) is 115 cm³/mol. The van der Waals surface area contributed by atoms with Gasteiger partial charge in [0.15, 0.2) is 5.54 Å². The Bertz CT molecular complexity index is 1210. The number of rotatable bonds is 4. The van der Waals surface area contributed by atoms with Gasteiger partial charge >= 0.3 is 6.03 Å². The van der Waals surface area contributed by atoms with Gasteiger partial charge in [-0.15, -0.1) is 0 Å². The number of pyridine rings is 1. The Balaban J connectivity index is 1.37. The number of fused-ring (bicyclic) bond motifs is 1. The molecule has 0 bridgehead atoms. The monoisotopic (exact) mass is 434 g/mol. The highest BCUT2D eigenvalue weighted by Crippen LogP contribution is 2.36. The molecule has 32 heavy (non-hydrogen) atoms. The Morgan fingerprint density at radius 2 is 1.88 bits per heavy atom. The van der Waals surface area contributed by atoms with Crippen LogP contribution in [0.15, 0.2) is 42.7 Å². The Morgan fingerprint density at radius 3 is 2.56 bits per heavy atom. The summed E-state index contributed by atoms with van der Waals surface area (Å²) in [7, 11) is 0. The van der Waals surface area contributed by atoms with Crippen molar-refractivity contribution >= 4 is 34.4 Å². The van der Waals surface area contributed by atoms with Gasteiger partial charge in [0.1, 0.15) is 5.75 Å². The molecule has 5 rings (SSSR count). The second kappa shape index (κ2) is 7.33. The quantitative estimate of drug-likeness (QED) is 0.606. The highest BCUT2D eigenvalue weighted by Gasteiger charge is 2.57.